The second kappa shape index (κ2) is 5.40. The van der Waals surface area contributed by atoms with E-state index in [-0.39, 0.29) is 11.4 Å². The Hall–Kier alpha value is -1.89. The summed E-state index contributed by atoms with van der Waals surface area (Å²) in [4.78, 5) is 15.5. The highest BCUT2D eigenvalue weighted by molar-refractivity contribution is 9.10. The molecule has 1 aromatic carbocycles. The molecule has 0 aliphatic carbocycles. The van der Waals surface area contributed by atoms with Gasteiger partial charge in [-0.3, -0.25) is 4.79 Å². The minimum absolute atomic E-state index is 0.0633. The molecule has 0 aliphatic rings. The Morgan fingerprint density at radius 1 is 1.16 bits per heavy atom. The highest BCUT2D eigenvalue weighted by Crippen LogP contribution is 2.18. The van der Waals surface area contributed by atoms with Gasteiger partial charge in [0.25, 0.3) is 5.91 Å². The predicted octanol–water partition coefficient (Wildman–Crippen LogP) is 3.51. The molecule has 7 heteroatoms. The lowest BCUT2D eigenvalue weighted by atomic mass is 10.2. The van der Waals surface area contributed by atoms with Crippen LogP contribution in [0.1, 0.15) is 10.5 Å². The van der Waals surface area contributed by atoms with Crippen LogP contribution in [0.3, 0.4) is 0 Å². The molecule has 2 rings (SSSR count). The summed E-state index contributed by atoms with van der Waals surface area (Å²) in [6.07, 6.45) is 1.40. The molecule has 1 amide bonds. The highest BCUT2D eigenvalue weighted by Gasteiger charge is 2.13. The Balaban J connectivity index is 2.22. The number of nitrogens with one attached hydrogen (secondary N) is 1. The molecular formula is C12H6BrF3N2O. The number of carbonyl (C=O) groups excluding carboxylic acids is 1. The number of pyridine rings is 1. The molecule has 1 heterocycles. The number of amides is 1. The van der Waals surface area contributed by atoms with Crippen molar-refractivity contribution in [2.45, 2.75) is 0 Å². The van der Waals surface area contributed by atoms with Gasteiger partial charge in [-0.25, -0.2) is 18.2 Å². The number of halogens is 4. The minimum Gasteiger partial charge on any atom is -0.320 e. The van der Waals surface area contributed by atoms with Gasteiger partial charge in [0.1, 0.15) is 5.69 Å². The van der Waals surface area contributed by atoms with Crippen LogP contribution in [0.4, 0.5) is 18.9 Å². The third-order valence-corrected chi connectivity index (χ3v) is 2.67. The van der Waals surface area contributed by atoms with Crippen molar-refractivity contribution < 1.29 is 18.0 Å². The molecule has 0 unspecified atom stereocenters. The molecule has 98 valence electrons. The van der Waals surface area contributed by atoms with Crippen molar-refractivity contribution in [2.75, 3.05) is 5.32 Å². The van der Waals surface area contributed by atoms with Gasteiger partial charge in [-0.05, 0) is 28.1 Å². The lowest BCUT2D eigenvalue weighted by molar-refractivity contribution is 0.102. The quantitative estimate of drug-likeness (QED) is 0.856. The number of nitrogens with zero attached hydrogens (tertiary/aromatic N) is 1. The van der Waals surface area contributed by atoms with Crippen molar-refractivity contribution in [2.24, 2.45) is 0 Å². The van der Waals surface area contributed by atoms with E-state index in [2.05, 4.69) is 26.2 Å². The first kappa shape index (κ1) is 13.5. The number of hydrogen-bond donors (Lipinski definition) is 1. The Kier molecular flexibility index (Phi) is 3.84. The fourth-order valence-electron chi connectivity index (χ4n) is 1.33. The van der Waals surface area contributed by atoms with Crippen molar-refractivity contribution in [1.82, 2.24) is 4.98 Å². The van der Waals surface area contributed by atoms with E-state index in [9.17, 15) is 18.0 Å². The monoisotopic (exact) mass is 330 g/mol. The molecule has 0 saturated carbocycles. The fraction of sp³-hybridized carbons (Fsp3) is 0. The standard InChI is InChI=1S/C12H6BrF3N2O/c13-6-1-2-10(17-5-6)12(19)18-7-3-8(14)11(16)9(15)4-7/h1-5H,(H,18,19). The molecular weight excluding hydrogens is 325 g/mol. The maximum atomic E-state index is 13.0. The van der Waals surface area contributed by atoms with Gasteiger partial charge in [-0.1, -0.05) is 0 Å². The zero-order valence-corrected chi connectivity index (χ0v) is 10.8. The first-order valence-corrected chi connectivity index (χ1v) is 5.84. The van der Waals surface area contributed by atoms with Gasteiger partial charge in [-0.15, -0.1) is 0 Å². The van der Waals surface area contributed by atoms with Crippen LogP contribution in [0.25, 0.3) is 0 Å². The fourth-order valence-corrected chi connectivity index (χ4v) is 1.57. The van der Waals surface area contributed by atoms with Crippen molar-refractivity contribution in [1.29, 1.82) is 0 Å². The van der Waals surface area contributed by atoms with E-state index in [1.165, 1.54) is 12.3 Å². The summed E-state index contributed by atoms with van der Waals surface area (Å²) in [5, 5.41) is 2.22. The molecule has 0 spiro atoms. The second-order valence-corrected chi connectivity index (χ2v) is 4.49. The van der Waals surface area contributed by atoms with Crippen LogP contribution in [0.5, 0.6) is 0 Å². The van der Waals surface area contributed by atoms with E-state index < -0.39 is 23.4 Å². The number of anilines is 1. The van der Waals surface area contributed by atoms with Gasteiger partial charge in [0.05, 0.1) is 0 Å². The van der Waals surface area contributed by atoms with Crippen LogP contribution in [0.2, 0.25) is 0 Å². The van der Waals surface area contributed by atoms with Crippen LogP contribution in [0, 0.1) is 17.5 Å². The third kappa shape index (κ3) is 3.11. The number of carbonyl (C=O) groups is 1. The Morgan fingerprint density at radius 3 is 2.32 bits per heavy atom. The zero-order chi connectivity index (χ0) is 14.0. The number of rotatable bonds is 2. The molecule has 0 radical (unpaired) electrons. The van der Waals surface area contributed by atoms with Gasteiger partial charge in [0.15, 0.2) is 17.5 Å². The number of hydrogen-bond acceptors (Lipinski definition) is 2. The van der Waals surface area contributed by atoms with Crippen molar-refractivity contribution in [3.8, 4) is 0 Å². The van der Waals surface area contributed by atoms with Crippen LogP contribution in [0.15, 0.2) is 34.9 Å². The molecule has 1 N–H and O–H groups in total. The molecule has 0 fully saturated rings. The molecule has 0 atom stereocenters. The van der Waals surface area contributed by atoms with Gasteiger partial charge < -0.3 is 5.32 Å². The highest BCUT2D eigenvalue weighted by atomic mass is 79.9. The maximum Gasteiger partial charge on any atom is 0.274 e. The average Bonchev–Trinajstić information content (AvgIpc) is 2.36. The van der Waals surface area contributed by atoms with Gasteiger partial charge >= 0.3 is 0 Å². The number of aromatic nitrogens is 1. The zero-order valence-electron chi connectivity index (χ0n) is 9.25. The smallest absolute Gasteiger partial charge is 0.274 e. The molecule has 0 saturated heterocycles. The molecule has 0 bridgehead atoms. The van der Waals surface area contributed by atoms with Crippen LogP contribution in [-0.4, -0.2) is 10.9 Å². The number of benzene rings is 1. The van der Waals surface area contributed by atoms with E-state index in [0.717, 1.165) is 0 Å². The molecule has 3 nitrogen and oxygen atoms in total. The van der Waals surface area contributed by atoms with Crippen LogP contribution in [-0.2, 0) is 0 Å². The van der Waals surface area contributed by atoms with E-state index in [1.54, 1.807) is 6.07 Å². The van der Waals surface area contributed by atoms with E-state index >= 15 is 0 Å². The average molecular weight is 331 g/mol. The Labute approximate surface area is 114 Å². The summed E-state index contributed by atoms with van der Waals surface area (Å²) in [7, 11) is 0. The first-order valence-electron chi connectivity index (χ1n) is 5.05. The second-order valence-electron chi connectivity index (χ2n) is 3.57. The summed E-state index contributed by atoms with van der Waals surface area (Å²) >= 11 is 3.15. The lowest BCUT2D eigenvalue weighted by Gasteiger charge is -2.05. The van der Waals surface area contributed by atoms with Crippen molar-refractivity contribution in [3.05, 3.63) is 58.1 Å². The van der Waals surface area contributed by atoms with E-state index in [1.807, 2.05) is 0 Å². The lowest BCUT2D eigenvalue weighted by Crippen LogP contribution is -2.14. The van der Waals surface area contributed by atoms with Gasteiger partial charge in [0, 0.05) is 28.5 Å². The van der Waals surface area contributed by atoms with Crippen LogP contribution >= 0.6 is 15.9 Å². The van der Waals surface area contributed by atoms with E-state index in [4.69, 9.17) is 0 Å². The summed E-state index contributed by atoms with van der Waals surface area (Å²) in [5.74, 6) is -4.99. The summed E-state index contributed by atoms with van der Waals surface area (Å²) in [5.41, 5.74) is -0.125. The van der Waals surface area contributed by atoms with E-state index in [0.29, 0.717) is 16.6 Å². The SMILES string of the molecule is O=C(Nc1cc(F)c(F)c(F)c1)c1ccc(Br)cn1. The maximum absolute atomic E-state index is 13.0. The third-order valence-electron chi connectivity index (χ3n) is 2.20. The Morgan fingerprint density at radius 2 is 1.79 bits per heavy atom. The largest absolute Gasteiger partial charge is 0.320 e. The molecule has 19 heavy (non-hydrogen) atoms. The van der Waals surface area contributed by atoms with Gasteiger partial charge in [0.2, 0.25) is 0 Å². The molecule has 0 aliphatic heterocycles. The normalized spacial score (nSPS) is 10.3. The minimum atomic E-state index is -1.58. The summed E-state index contributed by atoms with van der Waals surface area (Å²) in [6, 6.07) is 4.40. The first-order chi connectivity index (χ1) is 8.97. The van der Waals surface area contributed by atoms with Crippen molar-refractivity contribution >= 4 is 27.5 Å². The Bertz CT molecular complexity index is 608. The summed E-state index contributed by atoms with van der Waals surface area (Å²) < 4.78 is 39.3. The predicted molar refractivity (Wildman–Crippen MR) is 66.2 cm³/mol. The molecule has 2 aromatic rings. The summed E-state index contributed by atoms with van der Waals surface area (Å²) in [6.45, 7) is 0. The van der Waals surface area contributed by atoms with Crippen molar-refractivity contribution in [3.63, 3.8) is 0 Å². The van der Waals surface area contributed by atoms with Gasteiger partial charge in [-0.2, -0.15) is 0 Å². The topological polar surface area (TPSA) is 42.0 Å². The molecule has 1 aromatic heterocycles. The van der Waals surface area contributed by atoms with Crippen LogP contribution < -0.4 is 5.32 Å².